The molecule has 0 saturated heterocycles. The molecule has 4 aliphatic rings. The molecule has 2 aliphatic carbocycles. The van der Waals surface area contributed by atoms with Crippen LogP contribution in [0.5, 0.6) is 0 Å². The number of imidazole rings is 1. The van der Waals surface area contributed by atoms with Crippen LogP contribution in [0, 0.1) is 23.7 Å². The zero-order chi connectivity index (χ0) is 34.1. The molecule has 1 saturated carbocycles. The van der Waals surface area contributed by atoms with Crippen molar-refractivity contribution in [2.75, 3.05) is 13.7 Å². The first kappa shape index (κ1) is 35.2. The minimum absolute atomic E-state index is 0.0474. The molecule has 47 heavy (non-hydrogen) atoms. The topological polar surface area (TPSA) is 139 Å². The number of allylic oxidation sites excluding steroid dienone is 3. The number of methoxy groups -OCH3 is 1. The van der Waals surface area contributed by atoms with Crippen molar-refractivity contribution in [3.8, 4) is 0 Å². The van der Waals surface area contributed by atoms with E-state index >= 15 is 0 Å². The van der Waals surface area contributed by atoms with E-state index < -0.39 is 53.8 Å². The van der Waals surface area contributed by atoms with Crippen LogP contribution in [0.25, 0.3) is 6.08 Å². The maximum absolute atomic E-state index is 13.3. The van der Waals surface area contributed by atoms with Gasteiger partial charge in [0.25, 0.3) is 0 Å². The van der Waals surface area contributed by atoms with Crippen LogP contribution in [0.15, 0.2) is 54.1 Å². The van der Waals surface area contributed by atoms with Crippen LogP contribution >= 0.6 is 0 Å². The van der Waals surface area contributed by atoms with Gasteiger partial charge < -0.3 is 38.5 Å². The Labute approximate surface area is 277 Å². The molecule has 0 unspecified atom stereocenters. The second kappa shape index (κ2) is 14.2. The first-order valence-electron chi connectivity index (χ1n) is 16.6. The van der Waals surface area contributed by atoms with Gasteiger partial charge in [-0.15, -0.1) is 0 Å². The van der Waals surface area contributed by atoms with Crippen molar-refractivity contribution in [2.24, 2.45) is 30.7 Å². The first-order chi connectivity index (χ1) is 22.2. The van der Waals surface area contributed by atoms with Crippen LogP contribution in [0.4, 0.5) is 0 Å². The summed E-state index contributed by atoms with van der Waals surface area (Å²) in [5, 5.41) is 21.0. The zero-order valence-electron chi connectivity index (χ0n) is 28.5. The van der Waals surface area contributed by atoms with Crippen molar-refractivity contribution in [1.82, 2.24) is 9.55 Å². The van der Waals surface area contributed by atoms with Gasteiger partial charge in [-0.1, -0.05) is 31.6 Å². The fourth-order valence-electron chi connectivity index (χ4n) is 7.59. The third kappa shape index (κ3) is 7.49. The van der Waals surface area contributed by atoms with Crippen molar-refractivity contribution in [3.05, 3.63) is 59.7 Å². The number of hydrogen-bond acceptors (Lipinski definition) is 10. The molecular formula is C36H50N2O9. The normalized spacial score (nSPS) is 37.1. The van der Waals surface area contributed by atoms with Crippen molar-refractivity contribution in [1.29, 1.82) is 0 Å². The van der Waals surface area contributed by atoms with Gasteiger partial charge in [-0.2, -0.15) is 0 Å². The van der Waals surface area contributed by atoms with Crippen LogP contribution in [0.1, 0.15) is 66.0 Å². The Hall–Kier alpha value is -3.09. The van der Waals surface area contributed by atoms with E-state index in [4.69, 9.17) is 23.7 Å². The molecule has 258 valence electrons. The second-order valence-electron chi connectivity index (χ2n) is 14.0. The average Bonchev–Trinajstić information content (AvgIpc) is 3.61. The number of rotatable bonds is 9. The SMILES string of the molecule is CO[C@]12C=C[C@](C)(O1)[C@@H](OC(=O)/C=C/c1cn(C)cn1)C[C@H]1C(C)=CC[C@H](C(C)C)[C@H]1C=C2CO[C@@H]1CC[C@@H](O)[C@@H](O)[C@@H]1OC(C)=O. The molecule has 11 heteroatoms. The lowest BCUT2D eigenvalue weighted by atomic mass is 9.65. The minimum Gasteiger partial charge on any atom is -0.457 e. The Morgan fingerprint density at radius 2 is 1.98 bits per heavy atom. The highest BCUT2D eigenvalue weighted by Crippen LogP contribution is 2.50. The Bertz CT molecular complexity index is 1430. The van der Waals surface area contributed by atoms with E-state index in [0.717, 1.165) is 12.0 Å². The van der Waals surface area contributed by atoms with E-state index in [1.807, 2.05) is 32.3 Å². The molecule has 11 nitrogen and oxygen atoms in total. The number of fused-ring (bicyclic) bond motifs is 3. The van der Waals surface area contributed by atoms with E-state index in [9.17, 15) is 19.8 Å². The molecular weight excluding hydrogens is 604 g/mol. The summed E-state index contributed by atoms with van der Waals surface area (Å²) in [7, 11) is 3.44. The fourth-order valence-corrected chi connectivity index (χ4v) is 7.59. The third-order valence-electron chi connectivity index (χ3n) is 10.3. The maximum atomic E-state index is 13.3. The van der Waals surface area contributed by atoms with Gasteiger partial charge >= 0.3 is 11.9 Å². The highest BCUT2D eigenvalue weighted by Gasteiger charge is 2.54. The Kier molecular flexibility index (Phi) is 10.6. The highest BCUT2D eigenvalue weighted by molar-refractivity contribution is 5.86. The minimum atomic E-state index is -1.32. The van der Waals surface area contributed by atoms with Gasteiger partial charge in [-0.05, 0) is 81.4 Å². The number of aromatic nitrogens is 2. The molecule has 1 fully saturated rings. The molecule has 10 atom stereocenters. The van der Waals surface area contributed by atoms with Gasteiger partial charge in [0.15, 0.2) is 6.10 Å². The molecule has 0 amide bonds. The standard InChI is InChI=1S/C36H50N2O9/c1-21(2)26-10-8-22(3)27-17-31(46-32(41)13-9-25-18-38(6)20-37-25)35(5)14-15-36(43-7,47-35)24(16-28(26)27)19-44-30-12-11-29(40)33(42)34(30)45-23(4)39/h8-9,13-16,18,20-21,26-31,33-34,40,42H,10-12,17,19H2,1-7H3/b13-9+,24-16?/t26-,27+,28-,29-,30-,31+,33-,34-,35+,36-/m1/s1. The van der Waals surface area contributed by atoms with Crippen LogP contribution in [-0.2, 0) is 40.3 Å². The fraction of sp³-hybridized carbons (Fsp3) is 0.639. The number of aliphatic hydroxyl groups excluding tert-OH is 2. The van der Waals surface area contributed by atoms with Crippen LogP contribution in [-0.4, -0.2) is 87.3 Å². The summed E-state index contributed by atoms with van der Waals surface area (Å²) in [6.07, 6.45) is 12.3. The van der Waals surface area contributed by atoms with E-state index in [1.54, 1.807) is 24.1 Å². The smallest absolute Gasteiger partial charge is 0.331 e. The van der Waals surface area contributed by atoms with E-state index in [1.165, 1.54) is 18.6 Å². The van der Waals surface area contributed by atoms with Gasteiger partial charge in [-0.25, -0.2) is 9.78 Å². The number of ether oxygens (including phenoxy) is 5. The Morgan fingerprint density at radius 1 is 1.21 bits per heavy atom. The molecule has 2 bridgehead atoms. The van der Waals surface area contributed by atoms with Gasteiger partial charge in [-0.3, -0.25) is 4.79 Å². The number of hydrogen-bond donors (Lipinski definition) is 2. The van der Waals surface area contributed by atoms with Gasteiger partial charge in [0.2, 0.25) is 5.79 Å². The summed E-state index contributed by atoms with van der Waals surface area (Å²) in [5.74, 6) is -1.62. The van der Waals surface area contributed by atoms with E-state index in [-0.39, 0.29) is 18.4 Å². The summed E-state index contributed by atoms with van der Waals surface area (Å²) < 4.78 is 32.9. The molecule has 5 rings (SSSR count). The largest absolute Gasteiger partial charge is 0.457 e. The second-order valence-corrected chi connectivity index (χ2v) is 14.0. The molecule has 3 heterocycles. The predicted octanol–water partition coefficient (Wildman–Crippen LogP) is 4.05. The Balaban J connectivity index is 1.49. The molecule has 0 aromatic carbocycles. The summed E-state index contributed by atoms with van der Waals surface area (Å²) >= 11 is 0. The molecule has 2 N–H and O–H groups in total. The number of esters is 2. The van der Waals surface area contributed by atoms with E-state index in [2.05, 4.69) is 37.9 Å². The van der Waals surface area contributed by atoms with Gasteiger partial charge in [0, 0.05) is 38.9 Å². The van der Waals surface area contributed by atoms with Crippen LogP contribution < -0.4 is 0 Å². The van der Waals surface area contributed by atoms with Crippen molar-refractivity contribution in [3.63, 3.8) is 0 Å². The number of aryl methyl sites for hydroxylation is 1. The first-order valence-corrected chi connectivity index (χ1v) is 16.6. The monoisotopic (exact) mass is 654 g/mol. The van der Waals surface area contributed by atoms with Crippen molar-refractivity contribution < 1.29 is 43.5 Å². The molecule has 0 radical (unpaired) electrons. The maximum Gasteiger partial charge on any atom is 0.331 e. The lowest BCUT2D eigenvalue weighted by molar-refractivity contribution is -0.230. The van der Waals surface area contributed by atoms with Crippen LogP contribution in [0.3, 0.4) is 0 Å². The lowest BCUT2D eigenvalue weighted by Gasteiger charge is -2.41. The average molecular weight is 655 g/mol. The van der Waals surface area contributed by atoms with Crippen LogP contribution in [0.2, 0.25) is 0 Å². The number of carbonyl (C=O) groups is 2. The van der Waals surface area contributed by atoms with Crippen molar-refractivity contribution in [2.45, 2.75) is 102 Å². The summed E-state index contributed by atoms with van der Waals surface area (Å²) in [4.78, 5) is 29.4. The number of carbonyl (C=O) groups excluding carboxylic acids is 2. The number of nitrogens with zero attached hydrogens (tertiary/aromatic N) is 2. The van der Waals surface area contributed by atoms with Crippen molar-refractivity contribution >= 4 is 18.0 Å². The van der Waals surface area contributed by atoms with Gasteiger partial charge in [0.05, 0.1) is 30.8 Å². The lowest BCUT2D eigenvalue weighted by Crippen LogP contribution is -2.52. The van der Waals surface area contributed by atoms with E-state index in [0.29, 0.717) is 36.8 Å². The molecule has 2 aliphatic heterocycles. The molecule has 1 aromatic heterocycles. The summed E-state index contributed by atoms with van der Waals surface area (Å²) in [6, 6.07) is 0. The highest BCUT2D eigenvalue weighted by atomic mass is 16.7. The summed E-state index contributed by atoms with van der Waals surface area (Å²) in [5.41, 5.74) is 1.58. The Morgan fingerprint density at radius 3 is 2.64 bits per heavy atom. The predicted molar refractivity (Wildman–Crippen MR) is 173 cm³/mol. The molecule has 1 aromatic rings. The third-order valence-corrected chi connectivity index (χ3v) is 10.3. The number of aliphatic hydroxyl groups is 2. The zero-order valence-corrected chi connectivity index (χ0v) is 28.5. The molecule has 0 spiro atoms. The quantitative estimate of drug-likeness (QED) is 0.228. The van der Waals surface area contributed by atoms with Gasteiger partial charge in [0.1, 0.15) is 17.8 Å². The summed E-state index contributed by atoms with van der Waals surface area (Å²) in [6.45, 7) is 9.82.